The number of benzene rings is 1. The summed E-state index contributed by atoms with van der Waals surface area (Å²) in [7, 11) is 0. The molecule has 2 aromatic heterocycles. The van der Waals surface area contributed by atoms with Crippen LogP contribution in [0.15, 0.2) is 35.4 Å². The molecule has 0 saturated carbocycles. The molecule has 1 aliphatic carbocycles. The number of hydrogen-bond donors (Lipinski definition) is 1. The van der Waals surface area contributed by atoms with Gasteiger partial charge in [-0.2, -0.15) is 0 Å². The molecule has 4 rings (SSSR count). The van der Waals surface area contributed by atoms with E-state index in [4.69, 9.17) is 0 Å². The maximum atomic E-state index is 12.9. The lowest BCUT2D eigenvalue weighted by Gasteiger charge is -2.15. The highest BCUT2D eigenvalue weighted by atomic mass is 32.1. The molecule has 0 radical (unpaired) electrons. The zero-order chi connectivity index (χ0) is 19.0. The van der Waals surface area contributed by atoms with E-state index in [-0.39, 0.29) is 24.1 Å². The molecular weight excluding hydrogens is 358 g/mol. The third-order valence-electron chi connectivity index (χ3n) is 5.27. The van der Waals surface area contributed by atoms with Crippen molar-refractivity contribution in [3.05, 3.63) is 62.5 Å². The van der Waals surface area contributed by atoms with Crippen LogP contribution in [0.25, 0.3) is 10.2 Å². The van der Waals surface area contributed by atoms with E-state index in [0.717, 1.165) is 41.6 Å². The highest BCUT2D eigenvalue weighted by molar-refractivity contribution is 7.18. The zero-order valence-electron chi connectivity index (χ0n) is 15.6. The molecule has 1 atom stereocenters. The number of carbonyl (C=O) groups is 1. The second kappa shape index (κ2) is 7.27. The van der Waals surface area contributed by atoms with Crippen LogP contribution in [-0.4, -0.2) is 15.5 Å². The highest BCUT2D eigenvalue weighted by Gasteiger charge is 2.21. The summed E-state index contributed by atoms with van der Waals surface area (Å²) in [5.74, 6) is -0.183. The molecule has 5 nitrogen and oxygen atoms in total. The van der Waals surface area contributed by atoms with Crippen LogP contribution < -0.4 is 10.9 Å². The van der Waals surface area contributed by atoms with Gasteiger partial charge in [0.1, 0.15) is 11.4 Å². The van der Waals surface area contributed by atoms with E-state index in [9.17, 15) is 9.59 Å². The molecule has 140 valence electrons. The summed E-state index contributed by atoms with van der Waals surface area (Å²) < 4.78 is 1.43. The van der Waals surface area contributed by atoms with E-state index >= 15 is 0 Å². The van der Waals surface area contributed by atoms with E-state index in [2.05, 4.69) is 29.4 Å². The Kier molecular flexibility index (Phi) is 4.83. The van der Waals surface area contributed by atoms with Crippen molar-refractivity contribution in [2.75, 3.05) is 0 Å². The van der Waals surface area contributed by atoms with Crippen LogP contribution in [0.1, 0.15) is 47.9 Å². The number of aryl methyl sites for hydroxylation is 3. The van der Waals surface area contributed by atoms with E-state index in [1.807, 2.05) is 19.1 Å². The molecule has 6 heteroatoms. The zero-order valence-corrected chi connectivity index (χ0v) is 16.4. The van der Waals surface area contributed by atoms with Gasteiger partial charge in [0.15, 0.2) is 0 Å². The van der Waals surface area contributed by atoms with Crippen LogP contribution in [0.3, 0.4) is 0 Å². The summed E-state index contributed by atoms with van der Waals surface area (Å²) in [6, 6.07) is 8.13. The Morgan fingerprint density at radius 3 is 2.81 bits per heavy atom. The van der Waals surface area contributed by atoms with Crippen LogP contribution in [0.4, 0.5) is 0 Å². The normalized spacial score (nSPS) is 14.3. The Balaban J connectivity index is 1.50. The van der Waals surface area contributed by atoms with Gasteiger partial charge >= 0.3 is 0 Å². The summed E-state index contributed by atoms with van der Waals surface area (Å²) in [5, 5.41) is 3.69. The molecule has 1 aromatic carbocycles. The van der Waals surface area contributed by atoms with Gasteiger partial charge in [-0.3, -0.25) is 14.2 Å². The quantitative estimate of drug-likeness (QED) is 0.737. The van der Waals surface area contributed by atoms with Crippen LogP contribution in [-0.2, 0) is 30.6 Å². The largest absolute Gasteiger partial charge is 0.348 e. The smallest absolute Gasteiger partial charge is 0.262 e. The Morgan fingerprint density at radius 1 is 1.30 bits per heavy atom. The minimum Gasteiger partial charge on any atom is -0.348 e. The number of aromatic nitrogens is 2. The number of thiophene rings is 1. The Bertz CT molecular complexity index is 1050. The lowest BCUT2D eigenvalue weighted by Crippen LogP contribution is -2.34. The lowest BCUT2D eigenvalue weighted by atomic mass is 10.1. The summed E-state index contributed by atoms with van der Waals surface area (Å²) in [5.41, 5.74) is 3.37. The van der Waals surface area contributed by atoms with Crippen molar-refractivity contribution < 1.29 is 4.79 Å². The number of rotatable bonds is 5. The Morgan fingerprint density at radius 2 is 2.07 bits per heavy atom. The number of hydrogen-bond acceptors (Lipinski definition) is 4. The number of nitrogens with one attached hydrogen (secondary N) is 1. The molecule has 1 N–H and O–H groups in total. The minimum atomic E-state index is -0.183. The molecule has 0 bridgehead atoms. The maximum Gasteiger partial charge on any atom is 0.262 e. The first kappa shape index (κ1) is 17.9. The maximum absolute atomic E-state index is 12.9. The van der Waals surface area contributed by atoms with Gasteiger partial charge in [-0.15, -0.1) is 11.3 Å². The van der Waals surface area contributed by atoms with Crippen LogP contribution in [0.5, 0.6) is 0 Å². The molecule has 0 spiro atoms. The van der Waals surface area contributed by atoms with Crippen molar-refractivity contribution in [3.63, 3.8) is 0 Å². The molecule has 1 amide bonds. The Hall–Kier alpha value is -2.47. The molecule has 27 heavy (non-hydrogen) atoms. The fourth-order valence-electron chi connectivity index (χ4n) is 3.70. The van der Waals surface area contributed by atoms with Crippen molar-refractivity contribution in [1.29, 1.82) is 0 Å². The van der Waals surface area contributed by atoms with E-state index in [0.29, 0.717) is 5.39 Å². The first-order valence-corrected chi connectivity index (χ1v) is 10.3. The van der Waals surface area contributed by atoms with Gasteiger partial charge in [-0.25, -0.2) is 4.98 Å². The molecule has 0 saturated heterocycles. The second-order valence-corrected chi connectivity index (χ2v) is 8.18. The predicted molar refractivity (Wildman–Crippen MR) is 108 cm³/mol. The van der Waals surface area contributed by atoms with Crippen LogP contribution in [0, 0.1) is 0 Å². The minimum absolute atomic E-state index is 0.0101. The number of fused-ring (bicyclic) bond motifs is 3. The summed E-state index contributed by atoms with van der Waals surface area (Å²) in [6.07, 6.45) is 5.56. The Labute approximate surface area is 162 Å². The fourth-order valence-corrected chi connectivity index (χ4v) is 4.92. The van der Waals surface area contributed by atoms with Gasteiger partial charge in [-0.05, 0) is 49.3 Å². The van der Waals surface area contributed by atoms with Crippen LogP contribution >= 0.6 is 11.3 Å². The fraction of sp³-hybridized carbons (Fsp3) is 0.381. The molecule has 0 fully saturated rings. The van der Waals surface area contributed by atoms with Crippen LogP contribution in [0.2, 0.25) is 0 Å². The predicted octanol–water partition coefficient (Wildman–Crippen LogP) is 3.39. The SMILES string of the molecule is CCc1ccc(C(C)NC(=O)Cn2cnc3sc4c(c3c2=O)CCC4)cc1. The van der Waals surface area contributed by atoms with Gasteiger partial charge in [-0.1, -0.05) is 31.2 Å². The molecule has 3 aromatic rings. The van der Waals surface area contributed by atoms with Gasteiger partial charge in [0.05, 0.1) is 17.8 Å². The summed E-state index contributed by atoms with van der Waals surface area (Å²) >= 11 is 1.61. The van der Waals surface area contributed by atoms with E-state index in [1.54, 1.807) is 11.3 Å². The molecule has 1 aliphatic rings. The third kappa shape index (κ3) is 3.41. The molecular formula is C21H23N3O2S. The van der Waals surface area contributed by atoms with Gasteiger partial charge in [0.25, 0.3) is 5.56 Å². The van der Waals surface area contributed by atoms with Crippen molar-refractivity contribution in [1.82, 2.24) is 14.9 Å². The van der Waals surface area contributed by atoms with Crippen molar-refractivity contribution >= 4 is 27.5 Å². The molecule has 0 aliphatic heterocycles. The van der Waals surface area contributed by atoms with E-state index < -0.39 is 0 Å². The number of carbonyl (C=O) groups excluding carboxylic acids is 1. The van der Waals surface area contributed by atoms with E-state index in [1.165, 1.54) is 21.3 Å². The molecule has 1 unspecified atom stereocenters. The summed E-state index contributed by atoms with van der Waals surface area (Å²) in [4.78, 5) is 31.8. The summed E-state index contributed by atoms with van der Waals surface area (Å²) in [6.45, 7) is 4.06. The second-order valence-electron chi connectivity index (χ2n) is 7.10. The average molecular weight is 382 g/mol. The third-order valence-corrected chi connectivity index (χ3v) is 6.47. The van der Waals surface area contributed by atoms with Gasteiger partial charge < -0.3 is 5.32 Å². The monoisotopic (exact) mass is 381 g/mol. The van der Waals surface area contributed by atoms with Crippen molar-refractivity contribution in [2.45, 2.75) is 52.1 Å². The topological polar surface area (TPSA) is 64.0 Å². The molecule has 2 heterocycles. The highest BCUT2D eigenvalue weighted by Crippen LogP contribution is 2.34. The average Bonchev–Trinajstić information content (AvgIpc) is 3.25. The standard InChI is InChI=1S/C21H23N3O2S/c1-3-14-7-9-15(10-8-14)13(2)23-18(25)11-24-12-22-20-19(21(24)26)16-5-4-6-17(16)27-20/h7-10,12-13H,3-6,11H2,1-2H3,(H,23,25). The van der Waals surface area contributed by atoms with Gasteiger partial charge in [0, 0.05) is 4.88 Å². The lowest BCUT2D eigenvalue weighted by molar-refractivity contribution is -0.122. The van der Waals surface area contributed by atoms with Crippen molar-refractivity contribution in [2.24, 2.45) is 0 Å². The number of amides is 1. The first-order chi connectivity index (χ1) is 13.1. The van der Waals surface area contributed by atoms with Crippen molar-refractivity contribution in [3.8, 4) is 0 Å². The van der Waals surface area contributed by atoms with Gasteiger partial charge in [0.2, 0.25) is 5.91 Å². The number of nitrogens with zero attached hydrogens (tertiary/aromatic N) is 2. The first-order valence-electron chi connectivity index (χ1n) is 9.44.